The van der Waals surface area contributed by atoms with Crippen LogP contribution in [0, 0.1) is 16.0 Å². The van der Waals surface area contributed by atoms with Crippen LogP contribution in [-0.4, -0.2) is 18.1 Å². The van der Waals surface area contributed by atoms with Gasteiger partial charge in [0.1, 0.15) is 6.61 Å². The molecular formula is C16H24N2O3. The molecule has 0 aromatic heterocycles. The summed E-state index contributed by atoms with van der Waals surface area (Å²) in [7, 11) is 0. The molecule has 1 N–H and O–H groups in total. The van der Waals surface area contributed by atoms with E-state index in [2.05, 4.69) is 25.7 Å². The maximum atomic E-state index is 11.2. The summed E-state index contributed by atoms with van der Waals surface area (Å²) in [4.78, 5) is 10.7. The average molecular weight is 292 g/mol. The third-order valence-corrected chi connectivity index (χ3v) is 3.03. The van der Waals surface area contributed by atoms with Crippen LogP contribution in [0.1, 0.15) is 32.8 Å². The van der Waals surface area contributed by atoms with Gasteiger partial charge < -0.3 is 10.1 Å². The molecule has 0 atom stereocenters. The van der Waals surface area contributed by atoms with Gasteiger partial charge in [0.15, 0.2) is 5.75 Å². The Bertz CT molecular complexity index is 498. The summed E-state index contributed by atoms with van der Waals surface area (Å²) < 4.78 is 5.49. The zero-order chi connectivity index (χ0) is 15.8. The highest BCUT2D eigenvalue weighted by Crippen LogP contribution is 2.28. The van der Waals surface area contributed by atoms with Gasteiger partial charge in [0.25, 0.3) is 0 Å². The summed E-state index contributed by atoms with van der Waals surface area (Å²) >= 11 is 0. The molecule has 1 aromatic rings. The van der Waals surface area contributed by atoms with Gasteiger partial charge in [-0.1, -0.05) is 33.4 Å². The van der Waals surface area contributed by atoms with Crippen LogP contribution < -0.4 is 10.1 Å². The molecule has 0 aliphatic heterocycles. The zero-order valence-corrected chi connectivity index (χ0v) is 13.0. The maximum absolute atomic E-state index is 11.2. The fourth-order valence-electron chi connectivity index (χ4n) is 1.72. The number of benzene rings is 1. The minimum Gasteiger partial charge on any atom is -0.482 e. The first-order chi connectivity index (χ1) is 9.93. The summed E-state index contributed by atoms with van der Waals surface area (Å²) in [6.07, 6.45) is 0.797. The van der Waals surface area contributed by atoms with Gasteiger partial charge in [-0.3, -0.25) is 10.1 Å². The Balaban J connectivity index is 2.76. The van der Waals surface area contributed by atoms with Crippen molar-refractivity contribution in [1.29, 1.82) is 0 Å². The Labute approximate surface area is 126 Å². The second-order valence-corrected chi connectivity index (χ2v) is 5.48. The van der Waals surface area contributed by atoms with E-state index in [9.17, 15) is 10.1 Å². The maximum Gasteiger partial charge on any atom is 0.311 e. The molecule has 0 saturated heterocycles. The van der Waals surface area contributed by atoms with Gasteiger partial charge in [0, 0.05) is 12.6 Å². The van der Waals surface area contributed by atoms with E-state index in [1.165, 1.54) is 0 Å². The minimum absolute atomic E-state index is 0.00255. The van der Waals surface area contributed by atoms with Crippen molar-refractivity contribution in [2.45, 2.75) is 33.7 Å². The molecule has 5 nitrogen and oxygen atoms in total. The number of rotatable bonds is 9. The van der Waals surface area contributed by atoms with Crippen LogP contribution in [0.4, 0.5) is 5.69 Å². The highest BCUT2D eigenvalue weighted by molar-refractivity contribution is 5.48. The van der Waals surface area contributed by atoms with E-state index < -0.39 is 4.92 Å². The number of hydrogen-bond acceptors (Lipinski definition) is 4. The van der Waals surface area contributed by atoms with Crippen molar-refractivity contribution in [2.75, 3.05) is 13.2 Å². The van der Waals surface area contributed by atoms with Crippen LogP contribution >= 0.6 is 0 Å². The molecule has 0 heterocycles. The zero-order valence-electron chi connectivity index (χ0n) is 13.0. The minimum atomic E-state index is -0.407. The van der Waals surface area contributed by atoms with E-state index in [-0.39, 0.29) is 5.69 Å². The molecule has 0 unspecified atom stereocenters. The largest absolute Gasteiger partial charge is 0.482 e. The van der Waals surface area contributed by atoms with Crippen LogP contribution in [0.15, 0.2) is 30.4 Å². The van der Waals surface area contributed by atoms with Gasteiger partial charge in [0.2, 0.25) is 0 Å². The quantitative estimate of drug-likeness (QED) is 0.428. The van der Waals surface area contributed by atoms with E-state index in [1.807, 2.05) is 13.0 Å². The molecule has 0 aliphatic rings. The third kappa shape index (κ3) is 5.95. The van der Waals surface area contributed by atoms with Gasteiger partial charge in [-0.25, -0.2) is 0 Å². The molecule has 0 bridgehead atoms. The van der Waals surface area contributed by atoms with Gasteiger partial charge in [0.05, 0.1) is 4.92 Å². The number of ether oxygens (including phenoxy) is 1. The van der Waals surface area contributed by atoms with Crippen LogP contribution in [0.5, 0.6) is 5.75 Å². The lowest BCUT2D eigenvalue weighted by Gasteiger charge is -2.10. The Morgan fingerprint density at radius 3 is 2.76 bits per heavy atom. The fraction of sp³-hybridized carbons (Fsp3) is 0.500. The summed E-state index contributed by atoms with van der Waals surface area (Å²) in [5.74, 6) is 0.838. The molecular weight excluding hydrogens is 268 g/mol. The molecule has 1 aromatic carbocycles. The molecule has 0 amide bonds. The number of hydrogen-bond donors (Lipinski definition) is 1. The van der Waals surface area contributed by atoms with Crippen LogP contribution in [0.3, 0.4) is 0 Å². The van der Waals surface area contributed by atoms with Crippen molar-refractivity contribution in [1.82, 2.24) is 5.32 Å². The van der Waals surface area contributed by atoms with E-state index in [0.717, 1.165) is 24.1 Å². The van der Waals surface area contributed by atoms with Gasteiger partial charge in [-0.05, 0) is 36.1 Å². The molecule has 5 heteroatoms. The Hall–Kier alpha value is -1.88. The molecule has 0 aliphatic carbocycles. The highest BCUT2D eigenvalue weighted by atomic mass is 16.6. The van der Waals surface area contributed by atoms with Crippen LogP contribution in [0.2, 0.25) is 0 Å². The lowest BCUT2D eigenvalue weighted by molar-refractivity contribution is -0.385. The molecule has 0 spiro atoms. The number of nitrogens with zero attached hydrogens (tertiary/aromatic N) is 1. The SMILES string of the molecule is C=C(CC)COc1ccc(CNCC(C)C)cc1[N+](=O)[O-]. The molecule has 0 radical (unpaired) electrons. The van der Waals surface area contributed by atoms with Crippen molar-refractivity contribution >= 4 is 5.69 Å². The standard InChI is InChI=1S/C16H24N2O3/c1-5-13(4)11-21-16-7-6-14(8-15(16)18(19)20)10-17-9-12(2)3/h6-8,12,17H,4-5,9-11H2,1-3H3. The predicted molar refractivity (Wildman–Crippen MR) is 84.6 cm³/mol. The molecule has 0 fully saturated rings. The lowest BCUT2D eigenvalue weighted by Crippen LogP contribution is -2.19. The second-order valence-electron chi connectivity index (χ2n) is 5.48. The topological polar surface area (TPSA) is 64.4 Å². The van der Waals surface area contributed by atoms with E-state index in [4.69, 9.17) is 4.74 Å². The third-order valence-electron chi connectivity index (χ3n) is 3.03. The molecule has 0 saturated carbocycles. The van der Waals surface area contributed by atoms with Crippen molar-refractivity contribution in [2.24, 2.45) is 5.92 Å². The number of nitro groups is 1. The fourth-order valence-corrected chi connectivity index (χ4v) is 1.72. The summed E-state index contributed by atoms with van der Waals surface area (Å²) in [5, 5.41) is 14.4. The van der Waals surface area contributed by atoms with Gasteiger partial charge in [-0.2, -0.15) is 0 Å². The first-order valence-corrected chi connectivity index (χ1v) is 7.21. The first kappa shape index (κ1) is 17.2. The second kappa shape index (κ2) is 8.42. The number of nitrogens with one attached hydrogen (secondary N) is 1. The van der Waals surface area contributed by atoms with Crippen LogP contribution in [-0.2, 0) is 6.54 Å². The molecule has 21 heavy (non-hydrogen) atoms. The highest BCUT2D eigenvalue weighted by Gasteiger charge is 2.16. The normalized spacial score (nSPS) is 10.7. The Morgan fingerprint density at radius 2 is 2.19 bits per heavy atom. The van der Waals surface area contributed by atoms with Crippen LogP contribution in [0.25, 0.3) is 0 Å². The lowest BCUT2D eigenvalue weighted by atomic mass is 10.1. The van der Waals surface area contributed by atoms with Gasteiger partial charge in [-0.15, -0.1) is 0 Å². The molecule has 1 rings (SSSR count). The number of nitro benzene ring substituents is 1. The van der Waals surface area contributed by atoms with Gasteiger partial charge >= 0.3 is 5.69 Å². The smallest absolute Gasteiger partial charge is 0.311 e. The molecule has 116 valence electrons. The average Bonchev–Trinajstić information content (AvgIpc) is 2.44. The Morgan fingerprint density at radius 1 is 1.48 bits per heavy atom. The summed E-state index contributed by atoms with van der Waals surface area (Å²) in [6, 6.07) is 5.08. The van der Waals surface area contributed by atoms with Crippen molar-refractivity contribution in [3.05, 3.63) is 46.0 Å². The summed E-state index contributed by atoms with van der Waals surface area (Å²) in [6.45, 7) is 11.8. The monoisotopic (exact) mass is 292 g/mol. The Kier molecular flexibility index (Phi) is 6.88. The van der Waals surface area contributed by atoms with E-state index >= 15 is 0 Å². The van der Waals surface area contributed by atoms with E-state index in [0.29, 0.717) is 24.8 Å². The predicted octanol–water partition coefficient (Wildman–Crippen LogP) is 3.69. The van der Waals surface area contributed by atoms with Crippen molar-refractivity contribution in [3.63, 3.8) is 0 Å². The first-order valence-electron chi connectivity index (χ1n) is 7.21. The summed E-state index contributed by atoms with van der Waals surface area (Å²) in [5.41, 5.74) is 1.79. The van der Waals surface area contributed by atoms with Crippen molar-refractivity contribution in [3.8, 4) is 5.75 Å². The van der Waals surface area contributed by atoms with E-state index in [1.54, 1.807) is 12.1 Å². The van der Waals surface area contributed by atoms with Crippen molar-refractivity contribution < 1.29 is 9.66 Å².